The molecule has 6 nitrogen and oxygen atoms in total. The molecule has 2 aromatic carbocycles. The third-order valence-electron chi connectivity index (χ3n) is 3.66. The van der Waals surface area contributed by atoms with Gasteiger partial charge in [0.05, 0.1) is 12.3 Å². The Morgan fingerprint density at radius 1 is 1.16 bits per heavy atom. The largest absolute Gasteiger partial charge is 0.455 e. The third kappa shape index (κ3) is 4.95. The van der Waals surface area contributed by atoms with Crippen LogP contribution in [0.25, 0.3) is 0 Å². The SMILES string of the molecule is CC1(C)OCC(CNC(=O)Nc2ccccc2Oc2ccccc2)O1. The molecule has 0 aromatic heterocycles. The number of nitrogens with one attached hydrogen (secondary N) is 2. The Hall–Kier alpha value is -2.57. The zero-order chi connectivity index (χ0) is 17.7. The van der Waals surface area contributed by atoms with Gasteiger partial charge in [-0.3, -0.25) is 0 Å². The van der Waals surface area contributed by atoms with Crippen LogP contribution in [-0.4, -0.2) is 31.1 Å². The molecule has 1 heterocycles. The van der Waals surface area contributed by atoms with Crippen molar-refractivity contribution in [1.29, 1.82) is 0 Å². The summed E-state index contributed by atoms with van der Waals surface area (Å²) in [5, 5.41) is 5.60. The maximum absolute atomic E-state index is 12.2. The number of rotatable bonds is 5. The summed E-state index contributed by atoms with van der Waals surface area (Å²) < 4.78 is 17.0. The molecule has 0 aliphatic carbocycles. The van der Waals surface area contributed by atoms with Crippen molar-refractivity contribution in [1.82, 2.24) is 5.32 Å². The fourth-order valence-electron chi connectivity index (χ4n) is 2.51. The second-order valence-electron chi connectivity index (χ2n) is 6.20. The van der Waals surface area contributed by atoms with Crippen molar-refractivity contribution >= 4 is 11.7 Å². The van der Waals surface area contributed by atoms with Gasteiger partial charge in [0.1, 0.15) is 11.9 Å². The highest BCUT2D eigenvalue weighted by Crippen LogP contribution is 2.29. The molecule has 6 heteroatoms. The van der Waals surface area contributed by atoms with Gasteiger partial charge in [-0.05, 0) is 38.1 Å². The van der Waals surface area contributed by atoms with Crippen LogP contribution in [0, 0.1) is 0 Å². The topological polar surface area (TPSA) is 68.8 Å². The predicted molar refractivity (Wildman–Crippen MR) is 94.9 cm³/mol. The molecule has 0 spiro atoms. The number of benzene rings is 2. The Morgan fingerprint density at radius 2 is 1.88 bits per heavy atom. The summed E-state index contributed by atoms with van der Waals surface area (Å²) in [6.07, 6.45) is -0.156. The minimum Gasteiger partial charge on any atom is -0.455 e. The molecule has 2 aromatic rings. The van der Waals surface area contributed by atoms with E-state index in [-0.39, 0.29) is 12.1 Å². The summed E-state index contributed by atoms with van der Waals surface area (Å²) in [6.45, 7) is 4.53. The highest BCUT2D eigenvalue weighted by atomic mass is 16.7. The van der Waals surface area contributed by atoms with Crippen LogP contribution >= 0.6 is 0 Å². The van der Waals surface area contributed by atoms with Crippen molar-refractivity contribution < 1.29 is 19.0 Å². The van der Waals surface area contributed by atoms with Crippen molar-refractivity contribution in [3.8, 4) is 11.5 Å². The van der Waals surface area contributed by atoms with Gasteiger partial charge in [0.2, 0.25) is 0 Å². The van der Waals surface area contributed by atoms with Gasteiger partial charge in [0.25, 0.3) is 0 Å². The van der Waals surface area contributed by atoms with Crippen LogP contribution in [0.5, 0.6) is 11.5 Å². The van der Waals surface area contributed by atoms with E-state index in [0.29, 0.717) is 30.3 Å². The van der Waals surface area contributed by atoms with Gasteiger partial charge < -0.3 is 24.8 Å². The first kappa shape index (κ1) is 17.3. The number of urea groups is 1. The van der Waals surface area contributed by atoms with Gasteiger partial charge in [0, 0.05) is 6.54 Å². The lowest BCUT2D eigenvalue weighted by molar-refractivity contribution is -0.137. The number of anilines is 1. The third-order valence-corrected chi connectivity index (χ3v) is 3.66. The fraction of sp³-hybridized carbons (Fsp3) is 0.316. The molecule has 1 aliphatic rings. The monoisotopic (exact) mass is 342 g/mol. The lowest BCUT2D eigenvalue weighted by atomic mass is 10.3. The van der Waals surface area contributed by atoms with E-state index in [9.17, 15) is 4.79 Å². The smallest absolute Gasteiger partial charge is 0.319 e. The zero-order valence-electron chi connectivity index (χ0n) is 14.3. The van der Waals surface area contributed by atoms with Gasteiger partial charge in [-0.15, -0.1) is 0 Å². The number of amides is 2. The summed E-state index contributed by atoms with van der Waals surface area (Å²) in [5.41, 5.74) is 0.591. The number of ether oxygens (including phenoxy) is 3. The second kappa shape index (κ2) is 7.55. The van der Waals surface area contributed by atoms with E-state index in [1.54, 1.807) is 12.1 Å². The van der Waals surface area contributed by atoms with Crippen molar-refractivity contribution in [2.45, 2.75) is 25.7 Å². The van der Waals surface area contributed by atoms with Gasteiger partial charge in [-0.2, -0.15) is 0 Å². The van der Waals surface area contributed by atoms with E-state index >= 15 is 0 Å². The van der Waals surface area contributed by atoms with E-state index in [2.05, 4.69) is 10.6 Å². The summed E-state index contributed by atoms with van der Waals surface area (Å²) in [4.78, 5) is 12.2. The molecule has 0 saturated carbocycles. The highest BCUT2D eigenvalue weighted by Gasteiger charge is 2.32. The molecular weight excluding hydrogens is 320 g/mol. The molecule has 3 rings (SSSR count). The van der Waals surface area contributed by atoms with Gasteiger partial charge in [0.15, 0.2) is 11.5 Å². The van der Waals surface area contributed by atoms with Crippen molar-refractivity contribution in [3.05, 3.63) is 54.6 Å². The minimum absolute atomic E-state index is 0.156. The van der Waals surface area contributed by atoms with Gasteiger partial charge in [-0.25, -0.2) is 4.79 Å². The molecule has 1 saturated heterocycles. The maximum Gasteiger partial charge on any atom is 0.319 e. The molecule has 1 aliphatic heterocycles. The molecular formula is C19H22N2O4. The number of para-hydroxylation sites is 3. The molecule has 1 fully saturated rings. The Kier molecular flexibility index (Phi) is 5.21. The Balaban J connectivity index is 1.56. The first-order valence-corrected chi connectivity index (χ1v) is 8.20. The maximum atomic E-state index is 12.2. The van der Waals surface area contributed by atoms with Crippen LogP contribution in [0.15, 0.2) is 54.6 Å². The van der Waals surface area contributed by atoms with E-state index in [1.807, 2.05) is 56.3 Å². The summed E-state index contributed by atoms with van der Waals surface area (Å²) in [5.74, 6) is 0.681. The Labute approximate surface area is 147 Å². The number of carbonyl (C=O) groups is 1. The molecule has 2 amide bonds. The highest BCUT2D eigenvalue weighted by molar-refractivity contribution is 5.90. The summed E-state index contributed by atoms with van der Waals surface area (Å²) >= 11 is 0. The average molecular weight is 342 g/mol. The lowest BCUT2D eigenvalue weighted by Crippen LogP contribution is -2.37. The quantitative estimate of drug-likeness (QED) is 0.868. The average Bonchev–Trinajstić information content (AvgIpc) is 2.95. The molecule has 25 heavy (non-hydrogen) atoms. The lowest BCUT2D eigenvalue weighted by Gasteiger charge is -2.17. The van der Waals surface area contributed by atoms with Crippen LogP contribution < -0.4 is 15.4 Å². The molecule has 0 radical (unpaired) electrons. The van der Waals surface area contributed by atoms with Crippen LogP contribution in [0.1, 0.15) is 13.8 Å². The van der Waals surface area contributed by atoms with Crippen LogP contribution in [0.2, 0.25) is 0 Å². The minimum atomic E-state index is -0.598. The fourth-order valence-corrected chi connectivity index (χ4v) is 2.51. The second-order valence-corrected chi connectivity index (χ2v) is 6.20. The van der Waals surface area contributed by atoms with E-state index in [1.165, 1.54) is 0 Å². The van der Waals surface area contributed by atoms with Crippen LogP contribution in [0.3, 0.4) is 0 Å². The molecule has 2 N–H and O–H groups in total. The molecule has 1 unspecified atom stereocenters. The van der Waals surface area contributed by atoms with Gasteiger partial charge >= 0.3 is 6.03 Å². The summed E-state index contributed by atoms with van der Waals surface area (Å²) in [7, 11) is 0. The van der Waals surface area contributed by atoms with Crippen molar-refractivity contribution in [2.75, 3.05) is 18.5 Å². The van der Waals surface area contributed by atoms with Crippen molar-refractivity contribution in [2.24, 2.45) is 0 Å². The number of hydrogen-bond acceptors (Lipinski definition) is 4. The number of hydrogen-bond donors (Lipinski definition) is 2. The van der Waals surface area contributed by atoms with E-state index < -0.39 is 5.79 Å². The van der Waals surface area contributed by atoms with E-state index in [0.717, 1.165) is 0 Å². The first-order valence-electron chi connectivity index (χ1n) is 8.20. The van der Waals surface area contributed by atoms with Crippen LogP contribution in [-0.2, 0) is 9.47 Å². The first-order chi connectivity index (χ1) is 12.0. The molecule has 132 valence electrons. The Bertz CT molecular complexity index is 718. The van der Waals surface area contributed by atoms with E-state index in [4.69, 9.17) is 14.2 Å². The standard InChI is InChI=1S/C19H22N2O4/c1-19(2)23-13-15(25-19)12-20-18(22)21-16-10-6-7-11-17(16)24-14-8-4-3-5-9-14/h3-11,15H,12-13H2,1-2H3,(H2,20,21,22). The number of carbonyl (C=O) groups excluding carboxylic acids is 1. The molecule has 0 bridgehead atoms. The molecule has 1 atom stereocenters. The van der Waals surface area contributed by atoms with Crippen molar-refractivity contribution in [3.63, 3.8) is 0 Å². The van der Waals surface area contributed by atoms with Crippen LogP contribution in [0.4, 0.5) is 10.5 Å². The zero-order valence-corrected chi connectivity index (χ0v) is 14.3. The Morgan fingerprint density at radius 3 is 2.60 bits per heavy atom. The van der Waals surface area contributed by atoms with Gasteiger partial charge in [-0.1, -0.05) is 30.3 Å². The normalized spacial score (nSPS) is 18.6. The summed E-state index contributed by atoms with van der Waals surface area (Å²) in [6, 6.07) is 16.4. The predicted octanol–water partition coefficient (Wildman–Crippen LogP) is 3.75.